The van der Waals surface area contributed by atoms with E-state index in [0.29, 0.717) is 22.6 Å². The predicted molar refractivity (Wildman–Crippen MR) is 137 cm³/mol. The number of nitrogens with one attached hydrogen (secondary N) is 1. The molecule has 7 nitrogen and oxygen atoms in total. The van der Waals surface area contributed by atoms with Crippen LogP contribution in [0.3, 0.4) is 0 Å². The minimum Gasteiger partial charge on any atom is -0.379 e. The van der Waals surface area contributed by atoms with Crippen LogP contribution in [-0.2, 0) is 9.53 Å². The van der Waals surface area contributed by atoms with Crippen LogP contribution < -0.4 is 10.9 Å². The lowest BCUT2D eigenvalue weighted by atomic mass is 10.0. The Balaban J connectivity index is 1.55. The van der Waals surface area contributed by atoms with Gasteiger partial charge in [-0.1, -0.05) is 30.0 Å². The summed E-state index contributed by atoms with van der Waals surface area (Å²) >= 11 is 1.28. The molecule has 4 rings (SSSR count). The van der Waals surface area contributed by atoms with Gasteiger partial charge in [-0.3, -0.25) is 19.1 Å². The fourth-order valence-electron chi connectivity index (χ4n) is 4.29. The molecule has 1 fully saturated rings. The zero-order valence-electron chi connectivity index (χ0n) is 20.3. The maximum Gasteiger partial charge on any atom is 0.266 e. The SMILES string of the molecule is Cc1cc(C)cc(-n2c(SCC(=O)NCC(C)(C)N3CCOCC3)nc3ccccc3c2=O)c1. The Hall–Kier alpha value is -2.68. The van der Waals surface area contributed by atoms with Gasteiger partial charge in [-0.2, -0.15) is 0 Å². The van der Waals surface area contributed by atoms with E-state index < -0.39 is 0 Å². The number of carbonyl (C=O) groups excluding carboxylic acids is 1. The van der Waals surface area contributed by atoms with Crippen LogP contribution >= 0.6 is 11.8 Å². The third-order valence-electron chi connectivity index (χ3n) is 6.13. The van der Waals surface area contributed by atoms with Crippen molar-refractivity contribution in [1.82, 2.24) is 19.8 Å². The van der Waals surface area contributed by atoms with E-state index in [4.69, 9.17) is 9.72 Å². The number of amides is 1. The van der Waals surface area contributed by atoms with Crippen molar-refractivity contribution in [2.24, 2.45) is 0 Å². The third-order valence-corrected chi connectivity index (χ3v) is 7.07. The molecule has 0 saturated carbocycles. The van der Waals surface area contributed by atoms with Crippen LogP contribution in [0.2, 0.25) is 0 Å². The second-order valence-electron chi connectivity index (χ2n) is 9.38. The summed E-state index contributed by atoms with van der Waals surface area (Å²) in [4.78, 5) is 33.3. The number of fused-ring (bicyclic) bond motifs is 1. The Morgan fingerprint density at radius 2 is 1.79 bits per heavy atom. The number of carbonyl (C=O) groups is 1. The Morgan fingerprint density at radius 3 is 2.50 bits per heavy atom. The first-order valence-electron chi connectivity index (χ1n) is 11.6. The number of nitrogens with zero attached hydrogens (tertiary/aromatic N) is 3. The van der Waals surface area contributed by atoms with E-state index in [-0.39, 0.29) is 22.8 Å². The van der Waals surface area contributed by atoms with Gasteiger partial charge in [0, 0.05) is 25.2 Å². The number of morpholine rings is 1. The standard InChI is InChI=1S/C26H32N4O3S/c1-18-13-19(2)15-20(14-18)30-24(32)21-7-5-6-8-22(21)28-25(30)34-16-23(31)27-17-26(3,4)29-9-11-33-12-10-29/h5-8,13-15H,9-12,16-17H2,1-4H3,(H,27,31). The number of thioether (sulfide) groups is 1. The molecule has 8 heteroatoms. The summed E-state index contributed by atoms with van der Waals surface area (Å²) in [6.45, 7) is 12.0. The van der Waals surface area contributed by atoms with Crippen LogP contribution in [0.5, 0.6) is 0 Å². The van der Waals surface area contributed by atoms with E-state index >= 15 is 0 Å². The van der Waals surface area contributed by atoms with Crippen LogP contribution in [-0.4, -0.2) is 64.5 Å². The predicted octanol–water partition coefficient (Wildman–Crippen LogP) is 3.32. The molecule has 2 aromatic carbocycles. The number of hydrogen-bond acceptors (Lipinski definition) is 6. The fraction of sp³-hybridized carbons (Fsp3) is 0.423. The molecule has 1 aliphatic rings. The summed E-state index contributed by atoms with van der Waals surface area (Å²) < 4.78 is 7.07. The van der Waals surface area contributed by atoms with Gasteiger partial charge >= 0.3 is 0 Å². The highest BCUT2D eigenvalue weighted by molar-refractivity contribution is 7.99. The Labute approximate surface area is 204 Å². The maximum absolute atomic E-state index is 13.4. The van der Waals surface area contributed by atoms with E-state index in [0.717, 1.165) is 43.1 Å². The summed E-state index contributed by atoms with van der Waals surface area (Å²) in [5, 5.41) is 4.13. The van der Waals surface area contributed by atoms with Gasteiger partial charge in [0.05, 0.1) is 35.6 Å². The second kappa shape index (κ2) is 10.3. The van der Waals surface area contributed by atoms with Crippen LogP contribution in [0, 0.1) is 13.8 Å². The fourth-order valence-corrected chi connectivity index (χ4v) is 5.14. The molecule has 0 bridgehead atoms. The quantitative estimate of drug-likeness (QED) is 0.413. The highest BCUT2D eigenvalue weighted by atomic mass is 32.2. The van der Waals surface area contributed by atoms with Crippen molar-refractivity contribution in [3.05, 3.63) is 63.9 Å². The van der Waals surface area contributed by atoms with Crippen molar-refractivity contribution in [3.8, 4) is 5.69 Å². The normalized spacial score (nSPS) is 14.9. The highest BCUT2D eigenvalue weighted by Crippen LogP contribution is 2.23. The van der Waals surface area contributed by atoms with Crippen molar-refractivity contribution in [1.29, 1.82) is 0 Å². The largest absolute Gasteiger partial charge is 0.379 e. The molecule has 2 heterocycles. The summed E-state index contributed by atoms with van der Waals surface area (Å²) in [5.74, 6) is 0.0927. The number of benzene rings is 2. The van der Waals surface area contributed by atoms with Gasteiger partial charge in [0.1, 0.15) is 0 Å². The number of rotatable bonds is 7. The van der Waals surface area contributed by atoms with Crippen molar-refractivity contribution in [3.63, 3.8) is 0 Å². The van der Waals surface area contributed by atoms with Crippen molar-refractivity contribution in [2.75, 3.05) is 38.6 Å². The number of aryl methyl sites for hydroxylation is 2. The minimum absolute atomic E-state index is 0.0827. The molecule has 0 spiro atoms. The van der Waals surface area contributed by atoms with Crippen molar-refractivity contribution in [2.45, 2.75) is 38.4 Å². The van der Waals surface area contributed by atoms with Gasteiger partial charge in [0.15, 0.2) is 5.16 Å². The Bertz CT molecular complexity index is 1230. The summed E-state index contributed by atoms with van der Waals surface area (Å²) in [6, 6.07) is 13.3. The lowest BCUT2D eigenvalue weighted by Gasteiger charge is -2.40. The van der Waals surface area contributed by atoms with Crippen LogP contribution in [0.15, 0.2) is 52.4 Å². The smallest absolute Gasteiger partial charge is 0.266 e. The molecular formula is C26H32N4O3S. The molecule has 1 aliphatic heterocycles. The topological polar surface area (TPSA) is 76.5 Å². The monoisotopic (exact) mass is 480 g/mol. The number of aromatic nitrogens is 2. The first-order chi connectivity index (χ1) is 16.2. The van der Waals surface area contributed by atoms with Crippen LogP contribution in [0.4, 0.5) is 0 Å². The molecule has 34 heavy (non-hydrogen) atoms. The van der Waals surface area contributed by atoms with E-state index in [2.05, 4.69) is 30.1 Å². The van der Waals surface area contributed by atoms with Gasteiger partial charge in [-0.05, 0) is 63.1 Å². The van der Waals surface area contributed by atoms with Crippen molar-refractivity contribution >= 4 is 28.6 Å². The Morgan fingerprint density at radius 1 is 1.12 bits per heavy atom. The van der Waals surface area contributed by atoms with E-state index in [9.17, 15) is 9.59 Å². The van der Waals surface area contributed by atoms with Gasteiger partial charge in [0.25, 0.3) is 5.56 Å². The second-order valence-corrected chi connectivity index (χ2v) is 10.3. The van der Waals surface area contributed by atoms with E-state index in [1.807, 2.05) is 44.2 Å². The Kier molecular flexibility index (Phi) is 7.40. The summed E-state index contributed by atoms with van der Waals surface area (Å²) in [5.41, 5.74) is 3.23. The zero-order valence-corrected chi connectivity index (χ0v) is 21.1. The summed E-state index contributed by atoms with van der Waals surface area (Å²) in [7, 11) is 0. The molecule has 1 amide bonds. The molecule has 1 aromatic heterocycles. The summed E-state index contributed by atoms with van der Waals surface area (Å²) in [6.07, 6.45) is 0. The lowest BCUT2D eigenvalue weighted by molar-refractivity contribution is -0.119. The van der Waals surface area contributed by atoms with E-state index in [1.165, 1.54) is 11.8 Å². The molecule has 0 radical (unpaired) electrons. The van der Waals surface area contributed by atoms with Crippen LogP contribution in [0.1, 0.15) is 25.0 Å². The number of hydrogen-bond donors (Lipinski definition) is 1. The molecule has 0 atom stereocenters. The maximum atomic E-state index is 13.4. The zero-order chi connectivity index (χ0) is 24.3. The van der Waals surface area contributed by atoms with Crippen molar-refractivity contribution < 1.29 is 9.53 Å². The average Bonchev–Trinajstić information content (AvgIpc) is 2.81. The molecule has 1 N–H and O–H groups in total. The van der Waals surface area contributed by atoms with Gasteiger partial charge in [-0.25, -0.2) is 4.98 Å². The van der Waals surface area contributed by atoms with Gasteiger partial charge < -0.3 is 10.1 Å². The third kappa shape index (κ3) is 5.51. The van der Waals surface area contributed by atoms with Crippen LogP contribution in [0.25, 0.3) is 16.6 Å². The number of ether oxygens (including phenoxy) is 1. The first-order valence-corrected chi connectivity index (χ1v) is 12.6. The van der Waals surface area contributed by atoms with Gasteiger partial charge in [-0.15, -0.1) is 0 Å². The van der Waals surface area contributed by atoms with E-state index in [1.54, 1.807) is 10.6 Å². The molecule has 1 saturated heterocycles. The molecular weight excluding hydrogens is 448 g/mol. The minimum atomic E-state index is -0.160. The lowest BCUT2D eigenvalue weighted by Crippen LogP contribution is -2.55. The molecule has 180 valence electrons. The first kappa shape index (κ1) is 24.4. The average molecular weight is 481 g/mol. The molecule has 3 aromatic rings. The van der Waals surface area contributed by atoms with Gasteiger partial charge in [0.2, 0.25) is 5.91 Å². The molecule has 0 unspecified atom stereocenters. The highest BCUT2D eigenvalue weighted by Gasteiger charge is 2.28. The molecule has 0 aliphatic carbocycles. The number of para-hydroxylation sites is 1.